The van der Waals surface area contributed by atoms with E-state index < -0.39 is 0 Å². The topological polar surface area (TPSA) is 68.0 Å². The summed E-state index contributed by atoms with van der Waals surface area (Å²) in [5.74, 6) is 0.525. The van der Waals surface area contributed by atoms with E-state index in [0.717, 1.165) is 5.56 Å². The van der Waals surface area contributed by atoms with E-state index in [1.165, 1.54) is 12.8 Å². The summed E-state index contributed by atoms with van der Waals surface area (Å²) in [6.45, 7) is 2.45. The lowest BCUT2D eigenvalue weighted by Gasteiger charge is -2.12. The van der Waals surface area contributed by atoms with Gasteiger partial charge < -0.3 is 11.1 Å². The van der Waals surface area contributed by atoms with E-state index in [1.807, 2.05) is 13.0 Å². The first-order valence-electron chi connectivity index (χ1n) is 5.63. The smallest absolute Gasteiger partial charge is 0.253 e. The zero-order valence-corrected chi connectivity index (χ0v) is 9.44. The zero-order chi connectivity index (χ0) is 11.5. The van der Waals surface area contributed by atoms with Gasteiger partial charge in [0.05, 0.1) is 5.56 Å². The highest BCUT2D eigenvalue weighted by Crippen LogP contribution is 2.31. The average molecular weight is 219 g/mol. The maximum Gasteiger partial charge on any atom is 0.253 e. The van der Waals surface area contributed by atoms with Crippen LogP contribution in [0.25, 0.3) is 0 Å². The zero-order valence-electron chi connectivity index (χ0n) is 9.44. The SMILES string of the molecule is Cc1ccncc1C(=O)NCC(N)C1CC1. The van der Waals surface area contributed by atoms with E-state index in [-0.39, 0.29) is 11.9 Å². The summed E-state index contributed by atoms with van der Waals surface area (Å²) < 4.78 is 0. The Bertz CT molecular complexity index is 388. The molecule has 16 heavy (non-hydrogen) atoms. The fraction of sp³-hybridized carbons (Fsp3) is 0.500. The number of amides is 1. The van der Waals surface area contributed by atoms with Crippen molar-refractivity contribution in [1.29, 1.82) is 0 Å². The maximum atomic E-state index is 11.8. The summed E-state index contributed by atoms with van der Waals surface area (Å²) in [4.78, 5) is 15.8. The third-order valence-electron chi connectivity index (χ3n) is 3.01. The minimum atomic E-state index is -0.0818. The largest absolute Gasteiger partial charge is 0.350 e. The molecule has 4 heteroatoms. The molecule has 1 amide bonds. The van der Waals surface area contributed by atoms with E-state index in [2.05, 4.69) is 10.3 Å². The summed E-state index contributed by atoms with van der Waals surface area (Å²) in [5, 5.41) is 2.86. The molecule has 4 nitrogen and oxygen atoms in total. The molecule has 0 aliphatic heterocycles. The average Bonchev–Trinajstić information content (AvgIpc) is 3.10. The fourth-order valence-corrected chi connectivity index (χ4v) is 1.70. The standard InChI is InChI=1S/C12H17N3O/c1-8-4-5-14-6-10(8)12(16)15-7-11(13)9-2-3-9/h4-6,9,11H,2-3,7,13H2,1H3,(H,15,16). The Kier molecular flexibility index (Phi) is 3.19. The van der Waals surface area contributed by atoms with Gasteiger partial charge in [-0.3, -0.25) is 9.78 Å². The monoisotopic (exact) mass is 219 g/mol. The van der Waals surface area contributed by atoms with Crippen molar-refractivity contribution in [1.82, 2.24) is 10.3 Å². The van der Waals surface area contributed by atoms with E-state index in [1.54, 1.807) is 12.4 Å². The van der Waals surface area contributed by atoms with Gasteiger partial charge in [0.1, 0.15) is 0 Å². The summed E-state index contributed by atoms with van der Waals surface area (Å²) in [5.41, 5.74) is 7.48. The summed E-state index contributed by atoms with van der Waals surface area (Å²) in [7, 11) is 0. The molecule has 1 aliphatic carbocycles. The lowest BCUT2D eigenvalue weighted by atomic mass is 10.1. The first kappa shape index (κ1) is 11.1. The van der Waals surface area contributed by atoms with Crippen molar-refractivity contribution >= 4 is 5.91 Å². The Hall–Kier alpha value is -1.42. The molecule has 0 saturated heterocycles. The minimum Gasteiger partial charge on any atom is -0.350 e. The van der Waals surface area contributed by atoms with Gasteiger partial charge in [0.15, 0.2) is 0 Å². The van der Waals surface area contributed by atoms with Crippen LogP contribution in [0.1, 0.15) is 28.8 Å². The number of hydrogen-bond donors (Lipinski definition) is 2. The van der Waals surface area contributed by atoms with Gasteiger partial charge in [0, 0.05) is 25.0 Å². The molecule has 0 bridgehead atoms. The molecule has 1 aliphatic rings. The van der Waals surface area contributed by atoms with Gasteiger partial charge in [-0.1, -0.05) is 0 Å². The number of nitrogens with one attached hydrogen (secondary N) is 1. The molecule has 3 N–H and O–H groups in total. The van der Waals surface area contributed by atoms with Crippen LogP contribution in [-0.4, -0.2) is 23.5 Å². The quantitative estimate of drug-likeness (QED) is 0.789. The molecule has 2 rings (SSSR count). The number of carbonyl (C=O) groups excluding carboxylic acids is 1. The van der Waals surface area contributed by atoms with Gasteiger partial charge in [-0.25, -0.2) is 0 Å². The second kappa shape index (κ2) is 4.61. The highest BCUT2D eigenvalue weighted by molar-refractivity contribution is 5.95. The van der Waals surface area contributed by atoms with E-state index >= 15 is 0 Å². The predicted molar refractivity (Wildman–Crippen MR) is 62.0 cm³/mol. The molecular formula is C12H17N3O. The highest BCUT2D eigenvalue weighted by Gasteiger charge is 2.28. The molecule has 0 spiro atoms. The third kappa shape index (κ3) is 2.58. The lowest BCUT2D eigenvalue weighted by molar-refractivity contribution is 0.0949. The van der Waals surface area contributed by atoms with Crippen LogP contribution < -0.4 is 11.1 Å². The molecule has 1 heterocycles. The Labute approximate surface area is 95.3 Å². The van der Waals surface area contributed by atoms with Crippen LogP contribution >= 0.6 is 0 Å². The summed E-state index contributed by atoms with van der Waals surface area (Å²) in [6, 6.07) is 1.93. The second-order valence-electron chi connectivity index (χ2n) is 4.40. The van der Waals surface area contributed by atoms with Gasteiger partial charge in [0.2, 0.25) is 0 Å². The molecule has 1 fully saturated rings. The van der Waals surface area contributed by atoms with Crippen molar-refractivity contribution in [2.75, 3.05) is 6.54 Å². The molecule has 1 saturated carbocycles. The minimum absolute atomic E-state index is 0.0818. The molecule has 1 atom stereocenters. The van der Waals surface area contributed by atoms with Crippen LogP contribution in [0.2, 0.25) is 0 Å². The van der Waals surface area contributed by atoms with Crippen LogP contribution in [0, 0.1) is 12.8 Å². The number of carbonyl (C=O) groups is 1. The molecule has 86 valence electrons. The van der Waals surface area contributed by atoms with Crippen LogP contribution in [0.3, 0.4) is 0 Å². The number of aryl methyl sites for hydroxylation is 1. The molecule has 1 aromatic rings. The predicted octanol–water partition coefficient (Wildman–Crippen LogP) is 0.857. The second-order valence-corrected chi connectivity index (χ2v) is 4.40. The molecule has 1 aromatic heterocycles. The van der Waals surface area contributed by atoms with E-state index in [9.17, 15) is 4.79 Å². The highest BCUT2D eigenvalue weighted by atomic mass is 16.1. The van der Waals surface area contributed by atoms with Crippen molar-refractivity contribution in [2.24, 2.45) is 11.7 Å². The fourth-order valence-electron chi connectivity index (χ4n) is 1.70. The molecule has 1 unspecified atom stereocenters. The van der Waals surface area contributed by atoms with Gasteiger partial charge in [-0.15, -0.1) is 0 Å². The molecular weight excluding hydrogens is 202 g/mol. The Morgan fingerprint density at radius 3 is 3.06 bits per heavy atom. The van der Waals surface area contributed by atoms with Gasteiger partial charge >= 0.3 is 0 Å². The van der Waals surface area contributed by atoms with Crippen molar-refractivity contribution < 1.29 is 4.79 Å². The number of rotatable bonds is 4. The van der Waals surface area contributed by atoms with Gasteiger partial charge in [-0.2, -0.15) is 0 Å². The number of hydrogen-bond acceptors (Lipinski definition) is 3. The van der Waals surface area contributed by atoms with E-state index in [4.69, 9.17) is 5.73 Å². The maximum absolute atomic E-state index is 11.8. The lowest BCUT2D eigenvalue weighted by Crippen LogP contribution is -2.38. The summed E-state index contributed by atoms with van der Waals surface area (Å²) in [6.07, 6.45) is 5.67. The normalized spacial score (nSPS) is 16.9. The van der Waals surface area contributed by atoms with Crippen LogP contribution in [0.15, 0.2) is 18.5 Å². The number of nitrogens with two attached hydrogens (primary N) is 1. The van der Waals surface area contributed by atoms with Crippen molar-refractivity contribution in [3.63, 3.8) is 0 Å². The Balaban J connectivity index is 1.90. The van der Waals surface area contributed by atoms with Gasteiger partial charge in [0.25, 0.3) is 5.91 Å². The summed E-state index contributed by atoms with van der Waals surface area (Å²) >= 11 is 0. The first-order valence-corrected chi connectivity index (χ1v) is 5.63. The molecule has 0 radical (unpaired) electrons. The van der Waals surface area contributed by atoms with Crippen LogP contribution in [0.5, 0.6) is 0 Å². The Morgan fingerprint density at radius 2 is 2.44 bits per heavy atom. The van der Waals surface area contributed by atoms with Crippen LogP contribution in [-0.2, 0) is 0 Å². The van der Waals surface area contributed by atoms with Crippen molar-refractivity contribution in [2.45, 2.75) is 25.8 Å². The van der Waals surface area contributed by atoms with Crippen LogP contribution in [0.4, 0.5) is 0 Å². The Morgan fingerprint density at radius 1 is 1.69 bits per heavy atom. The van der Waals surface area contributed by atoms with Gasteiger partial charge in [-0.05, 0) is 37.3 Å². The number of aromatic nitrogens is 1. The number of pyridine rings is 1. The van der Waals surface area contributed by atoms with E-state index in [0.29, 0.717) is 18.0 Å². The number of nitrogens with zero attached hydrogens (tertiary/aromatic N) is 1. The molecule has 0 aromatic carbocycles. The van der Waals surface area contributed by atoms with Crippen molar-refractivity contribution in [3.05, 3.63) is 29.6 Å². The first-order chi connectivity index (χ1) is 7.68. The van der Waals surface area contributed by atoms with Crippen molar-refractivity contribution in [3.8, 4) is 0 Å². The third-order valence-corrected chi connectivity index (χ3v) is 3.01.